The van der Waals surface area contributed by atoms with Crippen molar-refractivity contribution >= 4 is 25.2 Å². The summed E-state index contributed by atoms with van der Waals surface area (Å²) in [4.78, 5) is 38.4. The van der Waals surface area contributed by atoms with Gasteiger partial charge >= 0.3 is 13.4 Å². The van der Waals surface area contributed by atoms with E-state index in [0.29, 0.717) is 11.3 Å². The predicted molar refractivity (Wildman–Crippen MR) is 137 cm³/mol. The first-order chi connectivity index (χ1) is 17.4. The zero-order valence-electron chi connectivity index (χ0n) is 21.0. The summed E-state index contributed by atoms with van der Waals surface area (Å²) in [5, 5.41) is 12.6. The Labute approximate surface area is 212 Å². The third-order valence-electron chi connectivity index (χ3n) is 5.17. The predicted octanol–water partition coefficient (Wildman–Crippen LogP) is 1.35. The van der Waals surface area contributed by atoms with E-state index in [1.807, 2.05) is 0 Å². The second-order valence-electron chi connectivity index (χ2n) is 8.74. The standard InChI is InChI=1S/C22H32N7O7P/c1-13(2)36-37(33,27-15-9-17(28(4)11-15)21(31)25-8-7-18(23)24)34-12-16-5-6-19(35-16)29-10-14(3)20(30)26-22(29)32/h5-6,9-11,13,16,19H,7-8,12H2,1-4H3,(H3,23,24)(H,25,31)(H,27,33)(H,26,30,32)/t16-,19+,37?/m0/s1. The molecule has 0 spiro atoms. The third kappa shape index (κ3) is 7.52. The van der Waals surface area contributed by atoms with Crippen LogP contribution in [0.15, 0.2) is 40.2 Å². The number of aromatic nitrogens is 3. The van der Waals surface area contributed by atoms with Gasteiger partial charge < -0.3 is 20.4 Å². The molecule has 15 heteroatoms. The van der Waals surface area contributed by atoms with Gasteiger partial charge in [-0.2, -0.15) is 0 Å². The van der Waals surface area contributed by atoms with Crippen LogP contribution >= 0.6 is 7.75 Å². The molecule has 3 heterocycles. The van der Waals surface area contributed by atoms with Crippen LogP contribution in [-0.2, 0) is 25.4 Å². The fourth-order valence-electron chi connectivity index (χ4n) is 3.47. The number of aryl methyl sites for hydroxylation is 2. The van der Waals surface area contributed by atoms with Crippen LogP contribution in [0.4, 0.5) is 5.69 Å². The minimum absolute atomic E-state index is 0.0354. The number of nitrogens with two attached hydrogens (primary N) is 1. The van der Waals surface area contributed by atoms with Crippen LogP contribution < -0.4 is 27.4 Å². The summed E-state index contributed by atoms with van der Waals surface area (Å²) in [7, 11) is -2.26. The fourth-order valence-corrected chi connectivity index (χ4v) is 4.98. The van der Waals surface area contributed by atoms with Gasteiger partial charge in [0.15, 0.2) is 6.23 Å². The molecule has 0 fully saturated rings. The highest BCUT2D eigenvalue weighted by Crippen LogP contribution is 2.49. The molecule has 3 rings (SSSR count). The topological polar surface area (TPSA) is 196 Å². The molecule has 0 saturated heterocycles. The molecule has 6 N–H and O–H groups in total. The zero-order valence-corrected chi connectivity index (χ0v) is 21.9. The van der Waals surface area contributed by atoms with Crippen molar-refractivity contribution in [2.45, 2.75) is 45.6 Å². The van der Waals surface area contributed by atoms with E-state index in [4.69, 9.17) is 24.9 Å². The lowest BCUT2D eigenvalue weighted by Gasteiger charge is -2.23. The third-order valence-corrected chi connectivity index (χ3v) is 6.89. The van der Waals surface area contributed by atoms with Crippen LogP contribution in [0.2, 0.25) is 0 Å². The molecule has 37 heavy (non-hydrogen) atoms. The molecule has 0 bridgehead atoms. The molecule has 202 valence electrons. The van der Waals surface area contributed by atoms with Gasteiger partial charge in [0.1, 0.15) is 11.8 Å². The molecule has 3 atom stereocenters. The number of nitrogens with zero attached hydrogens (tertiary/aromatic N) is 2. The molecule has 1 aliphatic rings. The Morgan fingerprint density at radius 3 is 2.73 bits per heavy atom. The fraction of sp³-hybridized carbons (Fsp3) is 0.455. The van der Waals surface area contributed by atoms with E-state index in [1.165, 1.54) is 16.8 Å². The van der Waals surface area contributed by atoms with Crippen LogP contribution in [0.5, 0.6) is 0 Å². The molecule has 14 nitrogen and oxygen atoms in total. The zero-order chi connectivity index (χ0) is 27.3. The largest absolute Gasteiger partial charge is 0.433 e. The summed E-state index contributed by atoms with van der Waals surface area (Å²) < 4.78 is 33.3. The molecular weight excluding hydrogens is 505 g/mol. The van der Waals surface area contributed by atoms with Crippen molar-refractivity contribution < 1.29 is 23.1 Å². The van der Waals surface area contributed by atoms with E-state index in [-0.39, 0.29) is 37.0 Å². The van der Waals surface area contributed by atoms with Gasteiger partial charge in [-0.15, -0.1) is 0 Å². The van der Waals surface area contributed by atoms with Gasteiger partial charge in [0.2, 0.25) is 0 Å². The summed E-state index contributed by atoms with van der Waals surface area (Å²) in [6, 6.07) is 1.50. The first kappa shape index (κ1) is 28.1. The smallest absolute Gasteiger partial charge is 0.388 e. The summed E-state index contributed by atoms with van der Waals surface area (Å²) in [5.41, 5.74) is 5.19. The molecule has 0 saturated carbocycles. The van der Waals surface area contributed by atoms with E-state index in [0.717, 1.165) is 0 Å². The average molecular weight is 538 g/mol. The Morgan fingerprint density at radius 2 is 2.05 bits per heavy atom. The van der Waals surface area contributed by atoms with Crippen LogP contribution in [-0.4, -0.2) is 51.2 Å². The van der Waals surface area contributed by atoms with Crippen LogP contribution in [0.1, 0.15) is 42.5 Å². The monoisotopic (exact) mass is 537 g/mol. The molecule has 0 aromatic carbocycles. The van der Waals surface area contributed by atoms with Gasteiger partial charge in [-0.05, 0) is 32.9 Å². The number of ether oxygens (including phenoxy) is 1. The maximum absolute atomic E-state index is 13.5. The van der Waals surface area contributed by atoms with Crippen molar-refractivity contribution in [1.82, 2.24) is 19.4 Å². The second-order valence-corrected chi connectivity index (χ2v) is 10.4. The van der Waals surface area contributed by atoms with Crippen molar-refractivity contribution in [3.8, 4) is 0 Å². The van der Waals surface area contributed by atoms with Crippen LogP contribution in [0.25, 0.3) is 0 Å². The van der Waals surface area contributed by atoms with Gasteiger partial charge in [0.25, 0.3) is 11.5 Å². The first-order valence-corrected chi connectivity index (χ1v) is 13.1. The number of hydrogen-bond acceptors (Lipinski definition) is 8. The number of carbonyl (C=O) groups is 1. The summed E-state index contributed by atoms with van der Waals surface area (Å²) in [6.45, 7) is 5.02. The number of amidine groups is 1. The summed E-state index contributed by atoms with van der Waals surface area (Å²) in [5.74, 6) is -0.424. The quantitative estimate of drug-likeness (QED) is 0.115. The van der Waals surface area contributed by atoms with E-state index in [1.54, 1.807) is 50.7 Å². The SMILES string of the molecule is Cc1cn([C@H]2C=C[C@@H](COP(=O)(Nc3cc(C(=O)NCCC(=N)N)n(C)c3)OC(C)C)O2)c(=O)[nH]c1=O. The van der Waals surface area contributed by atoms with Crippen molar-refractivity contribution in [3.05, 3.63) is 62.7 Å². The maximum Gasteiger partial charge on any atom is 0.433 e. The highest BCUT2D eigenvalue weighted by atomic mass is 31.2. The van der Waals surface area contributed by atoms with Gasteiger partial charge in [0, 0.05) is 38.0 Å². The van der Waals surface area contributed by atoms with E-state index >= 15 is 0 Å². The minimum Gasteiger partial charge on any atom is -0.388 e. The molecular formula is C22H32N7O7P. The van der Waals surface area contributed by atoms with Crippen molar-refractivity contribution in [3.63, 3.8) is 0 Å². The molecule has 0 aliphatic carbocycles. The second kappa shape index (κ2) is 11.7. The molecule has 1 aliphatic heterocycles. The molecule has 0 radical (unpaired) electrons. The van der Waals surface area contributed by atoms with Crippen molar-refractivity contribution in [2.75, 3.05) is 18.2 Å². The normalized spacial score (nSPS) is 18.6. The Hall–Kier alpha value is -3.45. The van der Waals surface area contributed by atoms with Gasteiger partial charge in [-0.1, -0.05) is 6.08 Å². The number of aromatic amines is 1. The van der Waals surface area contributed by atoms with Crippen molar-refractivity contribution in [2.24, 2.45) is 12.8 Å². The lowest BCUT2D eigenvalue weighted by Crippen LogP contribution is -2.33. The number of hydrogen-bond donors (Lipinski definition) is 5. The average Bonchev–Trinajstić information content (AvgIpc) is 3.40. The van der Waals surface area contributed by atoms with Crippen LogP contribution in [0.3, 0.4) is 0 Å². The Bertz CT molecular complexity index is 1340. The number of amides is 1. The Kier molecular flexibility index (Phi) is 8.92. The van der Waals surface area contributed by atoms with Crippen molar-refractivity contribution in [1.29, 1.82) is 5.41 Å². The van der Waals surface area contributed by atoms with E-state index in [9.17, 15) is 18.9 Å². The first-order valence-electron chi connectivity index (χ1n) is 11.5. The van der Waals surface area contributed by atoms with E-state index < -0.39 is 37.4 Å². The molecule has 1 unspecified atom stereocenters. The Morgan fingerprint density at radius 1 is 1.32 bits per heavy atom. The number of carbonyl (C=O) groups excluding carboxylic acids is 1. The number of rotatable bonds is 12. The molecule has 1 amide bonds. The molecule has 2 aromatic rings. The molecule has 2 aromatic heterocycles. The van der Waals surface area contributed by atoms with E-state index in [2.05, 4.69) is 15.4 Å². The summed E-state index contributed by atoms with van der Waals surface area (Å²) >= 11 is 0. The highest BCUT2D eigenvalue weighted by Gasteiger charge is 2.31. The van der Waals surface area contributed by atoms with Gasteiger partial charge in [-0.25, -0.2) is 9.36 Å². The number of anilines is 1. The minimum atomic E-state index is -3.91. The number of nitrogens with one attached hydrogen (secondary N) is 4. The van der Waals surface area contributed by atoms with Gasteiger partial charge in [-0.3, -0.25) is 38.7 Å². The Balaban J connectivity index is 1.66. The lowest BCUT2D eigenvalue weighted by molar-refractivity contribution is -0.00891. The van der Waals surface area contributed by atoms with Gasteiger partial charge in [0.05, 0.1) is 24.2 Å². The summed E-state index contributed by atoms with van der Waals surface area (Å²) in [6.07, 6.45) is 4.60. The lowest BCUT2D eigenvalue weighted by atomic mass is 10.3. The highest BCUT2D eigenvalue weighted by molar-refractivity contribution is 7.55. The maximum atomic E-state index is 13.5. The number of H-pyrrole nitrogens is 1. The van der Waals surface area contributed by atoms with Crippen LogP contribution in [0, 0.1) is 12.3 Å².